The molecule has 1 unspecified atom stereocenters. The molecule has 1 aromatic heterocycles. The molecule has 1 aliphatic carbocycles. The molecule has 3 aromatic carbocycles. The molecular formula is C30H33Cl2SSiZr. The van der Waals surface area contributed by atoms with Crippen LogP contribution in [0.1, 0.15) is 53.8 Å². The normalized spacial score (nSPS) is 16.2. The van der Waals surface area contributed by atoms with Crippen molar-refractivity contribution in [1.82, 2.24) is 0 Å². The number of halogens is 2. The van der Waals surface area contributed by atoms with Crippen LogP contribution in [0, 0.1) is 6.92 Å². The van der Waals surface area contributed by atoms with Crippen molar-refractivity contribution in [3.05, 3.63) is 93.2 Å². The minimum absolute atomic E-state index is 0. The Bertz CT molecular complexity index is 1310. The van der Waals surface area contributed by atoms with Crippen molar-refractivity contribution < 1.29 is 51.0 Å². The molecule has 1 radical (unpaired) electrons. The molecular weight excluding hydrogens is 583 g/mol. The van der Waals surface area contributed by atoms with E-state index in [1.54, 1.807) is 21.2 Å². The average Bonchev–Trinajstić information content (AvgIpc) is 3.49. The summed E-state index contributed by atoms with van der Waals surface area (Å²) in [7, 11) is -0.972. The topological polar surface area (TPSA) is 0 Å². The van der Waals surface area contributed by atoms with Crippen molar-refractivity contribution >= 4 is 35.4 Å². The molecule has 4 aromatic rings. The van der Waals surface area contributed by atoms with Gasteiger partial charge in [-0.25, -0.2) is 0 Å². The number of fused-ring (bicyclic) bond motifs is 1. The van der Waals surface area contributed by atoms with E-state index in [0.29, 0.717) is 0 Å². The zero-order chi connectivity index (χ0) is 22.5. The van der Waals surface area contributed by atoms with Gasteiger partial charge >= 0.3 is 26.2 Å². The summed E-state index contributed by atoms with van der Waals surface area (Å²) in [5.41, 5.74) is 9.64. The van der Waals surface area contributed by atoms with Crippen LogP contribution in [0.4, 0.5) is 0 Å². The first kappa shape index (κ1) is 30.4. The molecule has 0 amide bonds. The second-order valence-corrected chi connectivity index (χ2v) is 15.5. The van der Waals surface area contributed by atoms with Gasteiger partial charge in [0.25, 0.3) is 0 Å². The standard InChI is InChI=1S/C20H21.C10H12SSi.2ClH.Zr/c1-3-4-6-16-9-11-17(12-10-16)19-8-5-7-18-13-15(2)14-20(18)19;1-6-9-7-4-5-11-8(7)10(6)12(9,2)3;;;/h5,7-14H,3-4,6H2,1-2H3;4-5,10H,1-3H3;2*1H;/q-1;;;;+3/p-2. The maximum absolute atomic E-state index is 2.51. The summed E-state index contributed by atoms with van der Waals surface area (Å²) in [6.45, 7) is 11.7. The smallest absolute Gasteiger partial charge is 1.00 e. The van der Waals surface area contributed by atoms with Crippen LogP contribution in [0.5, 0.6) is 0 Å². The van der Waals surface area contributed by atoms with Crippen molar-refractivity contribution in [2.24, 2.45) is 0 Å². The molecule has 0 nitrogen and oxygen atoms in total. The fourth-order valence-corrected chi connectivity index (χ4v) is 12.3. The molecule has 2 aliphatic heterocycles. The maximum atomic E-state index is 2.51. The van der Waals surface area contributed by atoms with E-state index in [9.17, 15) is 0 Å². The fourth-order valence-electron chi connectivity index (χ4n) is 5.96. The molecule has 3 heterocycles. The summed E-state index contributed by atoms with van der Waals surface area (Å²) < 4.78 is 0. The summed E-state index contributed by atoms with van der Waals surface area (Å²) in [4.78, 5) is 1.68. The second kappa shape index (κ2) is 12.1. The largest absolute Gasteiger partial charge is 3.00 e. The van der Waals surface area contributed by atoms with Crippen LogP contribution in [0.3, 0.4) is 0 Å². The molecule has 0 saturated heterocycles. The van der Waals surface area contributed by atoms with Crippen molar-refractivity contribution in [2.45, 2.75) is 58.7 Å². The van der Waals surface area contributed by atoms with E-state index in [2.05, 4.69) is 99.9 Å². The molecule has 5 heteroatoms. The van der Waals surface area contributed by atoms with Crippen LogP contribution in [-0.4, -0.2) is 8.07 Å². The third-order valence-electron chi connectivity index (χ3n) is 7.40. The molecule has 0 saturated carbocycles. The van der Waals surface area contributed by atoms with Gasteiger partial charge in [-0.15, -0.1) is 45.9 Å². The number of rotatable bonds is 4. The van der Waals surface area contributed by atoms with Gasteiger partial charge in [0, 0.05) is 10.4 Å². The quantitative estimate of drug-likeness (QED) is 0.244. The van der Waals surface area contributed by atoms with Crippen LogP contribution in [-0.2, 0) is 32.6 Å². The number of thiophene rings is 1. The predicted octanol–water partition coefficient (Wildman–Crippen LogP) is 3.30. The Hall–Kier alpha value is -0.830. The van der Waals surface area contributed by atoms with E-state index in [1.165, 1.54) is 52.3 Å². The number of benzene rings is 2. The summed E-state index contributed by atoms with van der Waals surface area (Å²) in [5, 5.41) is 6.72. The van der Waals surface area contributed by atoms with Crippen LogP contribution in [0.2, 0.25) is 13.1 Å². The monoisotopic (exact) mass is 613 g/mol. The van der Waals surface area contributed by atoms with E-state index in [1.807, 2.05) is 11.3 Å². The number of hydrogen-bond acceptors (Lipinski definition) is 1. The van der Waals surface area contributed by atoms with Crippen LogP contribution >= 0.6 is 11.3 Å². The van der Waals surface area contributed by atoms with Gasteiger partial charge in [0.2, 0.25) is 0 Å². The summed E-state index contributed by atoms with van der Waals surface area (Å²) >= 11 is 1.96. The van der Waals surface area contributed by atoms with E-state index in [4.69, 9.17) is 0 Å². The number of unbranched alkanes of at least 4 members (excludes halogenated alkanes) is 1. The Labute approximate surface area is 247 Å². The molecule has 0 spiro atoms. The summed E-state index contributed by atoms with van der Waals surface area (Å²) in [6.07, 6.45) is 3.72. The maximum Gasteiger partial charge on any atom is 3.00 e. The number of aryl methyl sites for hydroxylation is 2. The van der Waals surface area contributed by atoms with E-state index in [0.717, 1.165) is 5.54 Å². The van der Waals surface area contributed by atoms with Crippen LogP contribution < -0.4 is 24.8 Å². The predicted molar refractivity (Wildman–Crippen MR) is 145 cm³/mol. The zero-order valence-corrected chi connectivity index (χ0v) is 27.0. The zero-order valence-electron chi connectivity index (χ0n) is 21.2. The second-order valence-electron chi connectivity index (χ2n) is 10.1. The van der Waals surface area contributed by atoms with Crippen LogP contribution in [0.15, 0.2) is 71.6 Å². The SMILES string of the molecule is CC1=C2c3ccsc3C1[Si]2(C)C.CCCCc1ccc(-c2cccc3[cH-]c(C)cc23)cc1.[Cl-].[Cl-].[Zr+3]. The summed E-state index contributed by atoms with van der Waals surface area (Å²) in [5.74, 6) is 0. The molecule has 181 valence electrons. The molecule has 3 aliphatic rings. The Balaban J connectivity index is 0.000000249. The van der Waals surface area contributed by atoms with Crippen molar-refractivity contribution in [3.8, 4) is 11.1 Å². The Morgan fingerprint density at radius 3 is 2.29 bits per heavy atom. The number of hydrogen-bond donors (Lipinski definition) is 0. The van der Waals surface area contributed by atoms with Gasteiger partial charge in [-0.05, 0) is 47.9 Å². The molecule has 0 N–H and O–H groups in total. The molecule has 7 rings (SSSR count). The van der Waals surface area contributed by atoms with Crippen LogP contribution in [0.25, 0.3) is 27.1 Å². The van der Waals surface area contributed by atoms with Gasteiger partial charge in [-0.1, -0.05) is 80.0 Å². The van der Waals surface area contributed by atoms with Crippen molar-refractivity contribution in [1.29, 1.82) is 0 Å². The third kappa shape index (κ3) is 5.41. The Morgan fingerprint density at radius 2 is 1.66 bits per heavy atom. The minimum atomic E-state index is -0.972. The molecule has 35 heavy (non-hydrogen) atoms. The van der Waals surface area contributed by atoms with E-state index < -0.39 is 8.07 Å². The van der Waals surface area contributed by atoms with Crippen molar-refractivity contribution in [2.75, 3.05) is 0 Å². The molecule has 1 atom stereocenters. The molecule has 0 fully saturated rings. The molecule has 2 bridgehead atoms. The van der Waals surface area contributed by atoms with E-state index >= 15 is 0 Å². The first-order valence-electron chi connectivity index (χ1n) is 12.0. The minimum Gasteiger partial charge on any atom is -1.00 e. The summed E-state index contributed by atoms with van der Waals surface area (Å²) in [6, 6.07) is 22.5. The van der Waals surface area contributed by atoms with Crippen molar-refractivity contribution in [3.63, 3.8) is 0 Å². The fraction of sp³-hybridized carbons (Fsp3) is 0.300. The van der Waals surface area contributed by atoms with Gasteiger partial charge in [0.1, 0.15) is 0 Å². The van der Waals surface area contributed by atoms with Gasteiger partial charge in [0.15, 0.2) is 0 Å². The Kier molecular flexibility index (Phi) is 10.5. The van der Waals surface area contributed by atoms with Gasteiger partial charge < -0.3 is 24.8 Å². The van der Waals surface area contributed by atoms with E-state index in [-0.39, 0.29) is 51.0 Å². The van der Waals surface area contributed by atoms with Gasteiger partial charge in [-0.2, -0.15) is 6.07 Å². The third-order valence-corrected chi connectivity index (χ3v) is 12.7. The van der Waals surface area contributed by atoms with Gasteiger partial charge in [0.05, 0.1) is 8.07 Å². The Morgan fingerprint density at radius 1 is 0.943 bits per heavy atom. The first-order chi connectivity index (χ1) is 15.4. The number of allylic oxidation sites excluding steroid dienone is 1. The average molecular weight is 616 g/mol. The van der Waals surface area contributed by atoms with Gasteiger partial charge in [-0.3, -0.25) is 0 Å². The first-order valence-corrected chi connectivity index (χ1v) is 15.9.